The van der Waals surface area contributed by atoms with Gasteiger partial charge in [0, 0.05) is 24.1 Å². The number of amides is 2. The van der Waals surface area contributed by atoms with Gasteiger partial charge in [0.05, 0.1) is 4.92 Å². The summed E-state index contributed by atoms with van der Waals surface area (Å²) in [5.74, 6) is 0.550. The number of nitrogens with two attached hydrogens (primary N) is 1. The van der Waals surface area contributed by atoms with E-state index in [-0.39, 0.29) is 29.0 Å². The maximum Gasteiger partial charge on any atom is 0.412 e. The fraction of sp³-hybridized carbons (Fsp3) is 0.476. The molecule has 3 aliphatic rings. The van der Waals surface area contributed by atoms with Crippen molar-refractivity contribution in [2.75, 3.05) is 0 Å². The maximum absolute atomic E-state index is 12.1. The summed E-state index contributed by atoms with van der Waals surface area (Å²) in [5.41, 5.74) is 5.56. The second-order valence-corrected chi connectivity index (χ2v) is 9.89. The molecule has 3 saturated carbocycles. The Labute approximate surface area is 187 Å². The van der Waals surface area contributed by atoms with Gasteiger partial charge in [0.2, 0.25) is 5.88 Å². The fourth-order valence-electron chi connectivity index (χ4n) is 4.57. The van der Waals surface area contributed by atoms with Crippen molar-refractivity contribution in [2.24, 2.45) is 11.1 Å². The highest BCUT2D eigenvalue weighted by atomic mass is 32.1. The van der Waals surface area contributed by atoms with Gasteiger partial charge in [0.1, 0.15) is 16.9 Å². The molecule has 0 unspecified atom stereocenters. The van der Waals surface area contributed by atoms with Crippen molar-refractivity contribution in [3.63, 3.8) is 0 Å². The number of primary amides is 1. The number of nitro groups is 1. The summed E-state index contributed by atoms with van der Waals surface area (Å²) in [6.45, 7) is 0. The van der Waals surface area contributed by atoms with Gasteiger partial charge in [-0.15, -0.1) is 11.3 Å². The topological polar surface area (TPSA) is 147 Å². The van der Waals surface area contributed by atoms with Gasteiger partial charge in [-0.25, -0.2) is 9.78 Å². The van der Waals surface area contributed by atoms with E-state index < -0.39 is 16.9 Å². The molecule has 1 spiro atoms. The van der Waals surface area contributed by atoms with E-state index in [1.165, 1.54) is 35.6 Å². The smallest absolute Gasteiger partial charge is 0.412 e. The quantitative estimate of drug-likeness (QED) is 0.477. The number of ether oxygens (including phenoxy) is 2. The average Bonchev–Trinajstić information content (AvgIpc) is 3.45. The number of nitrogens with one attached hydrogen (secondary N) is 1. The molecule has 11 heteroatoms. The van der Waals surface area contributed by atoms with Crippen molar-refractivity contribution in [2.45, 2.75) is 56.6 Å². The molecule has 1 heterocycles. The third-order valence-electron chi connectivity index (χ3n) is 6.30. The average molecular weight is 458 g/mol. The van der Waals surface area contributed by atoms with Crippen molar-refractivity contribution >= 4 is 29.0 Å². The normalized spacial score (nSPS) is 26.0. The van der Waals surface area contributed by atoms with Crippen LogP contribution in [0.2, 0.25) is 0 Å². The van der Waals surface area contributed by atoms with E-state index in [2.05, 4.69) is 10.3 Å². The van der Waals surface area contributed by atoms with Crippen molar-refractivity contribution in [3.05, 3.63) is 44.3 Å². The first kappa shape index (κ1) is 20.7. The first-order valence-electron chi connectivity index (χ1n) is 10.5. The Kier molecular flexibility index (Phi) is 5.00. The minimum Gasteiger partial charge on any atom is -0.473 e. The van der Waals surface area contributed by atoms with Gasteiger partial charge in [-0.3, -0.25) is 14.9 Å². The Hall–Kier alpha value is -3.21. The van der Waals surface area contributed by atoms with Crippen LogP contribution in [-0.4, -0.2) is 34.1 Å². The minimum absolute atomic E-state index is 0.00439. The van der Waals surface area contributed by atoms with Gasteiger partial charge in [-0.2, -0.15) is 0 Å². The maximum atomic E-state index is 12.1. The van der Waals surface area contributed by atoms with Crippen molar-refractivity contribution < 1.29 is 24.0 Å². The van der Waals surface area contributed by atoms with E-state index in [0.29, 0.717) is 16.7 Å². The SMILES string of the molecule is NC(=O)c1sc(C2CC2)nc1O[C@H]1CC2(C[C@H](NC(=O)Oc3ccc([N+](=O)[O-])cc3)C2)C1. The molecular formula is C21H22N4O6S. The van der Waals surface area contributed by atoms with E-state index in [1.54, 1.807) is 0 Å². The highest BCUT2D eigenvalue weighted by Crippen LogP contribution is 2.57. The molecule has 0 atom stereocenters. The molecule has 168 valence electrons. The van der Waals surface area contributed by atoms with Crippen LogP contribution in [0.5, 0.6) is 11.6 Å². The lowest BCUT2D eigenvalue weighted by Crippen LogP contribution is -2.59. The number of hydrogen-bond donors (Lipinski definition) is 2. The van der Waals surface area contributed by atoms with E-state index in [9.17, 15) is 19.7 Å². The summed E-state index contributed by atoms with van der Waals surface area (Å²) >= 11 is 1.34. The summed E-state index contributed by atoms with van der Waals surface area (Å²) in [5, 5.41) is 14.4. The summed E-state index contributed by atoms with van der Waals surface area (Å²) in [4.78, 5) is 38.9. The molecule has 0 aliphatic heterocycles. The van der Waals surface area contributed by atoms with E-state index in [4.69, 9.17) is 15.2 Å². The zero-order valence-electron chi connectivity index (χ0n) is 17.1. The molecule has 5 rings (SSSR count). The second kappa shape index (κ2) is 7.73. The number of carbonyl (C=O) groups excluding carboxylic acids is 2. The molecule has 3 N–H and O–H groups in total. The van der Waals surface area contributed by atoms with Crippen LogP contribution in [0.1, 0.15) is 59.1 Å². The van der Waals surface area contributed by atoms with E-state index in [1.807, 2.05) is 0 Å². The number of nitro benzene ring substituents is 1. The van der Waals surface area contributed by atoms with Gasteiger partial charge in [0.15, 0.2) is 4.88 Å². The van der Waals surface area contributed by atoms with Gasteiger partial charge in [-0.1, -0.05) is 0 Å². The number of non-ortho nitro benzene ring substituents is 1. The Morgan fingerprint density at radius 3 is 2.47 bits per heavy atom. The first-order chi connectivity index (χ1) is 15.3. The molecule has 2 amide bonds. The first-order valence-corrected chi connectivity index (χ1v) is 11.3. The summed E-state index contributed by atoms with van der Waals surface area (Å²) in [7, 11) is 0. The van der Waals surface area contributed by atoms with Crippen LogP contribution < -0.4 is 20.5 Å². The van der Waals surface area contributed by atoms with E-state index >= 15 is 0 Å². The monoisotopic (exact) mass is 458 g/mol. The van der Waals surface area contributed by atoms with Gasteiger partial charge >= 0.3 is 6.09 Å². The molecule has 1 aromatic heterocycles. The standard InChI is InChI=1S/C21H22N4O6S/c22-17(26)16-18(24-19(32-16)11-1-2-11)30-15-9-21(10-15)7-12(8-21)23-20(27)31-14-5-3-13(4-6-14)25(28)29/h3-6,11-12,15H,1-2,7-10H2,(H2,22,26)(H,23,27)/t12-,15-,21?. The molecule has 3 aliphatic carbocycles. The number of thiazole rings is 1. The lowest BCUT2D eigenvalue weighted by Gasteiger charge is -2.56. The minimum atomic E-state index is -0.577. The summed E-state index contributed by atoms with van der Waals surface area (Å²) in [6, 6.07) is 5.37. The molecule has 10 nitrogen and oxygen atoms in total. The van der Waals surface area contributed by atoms with Crippen LogP contribution in [0.4, 0.5) is 10.5 Å². The number of carbonyl (C=O) groups is 2. The number of benzene rings is 1. The molecule has 3 fully saturated rings. The molecule has 2 aromatic rings. The lowest BCUT2D eigenvalue weighted by molar-refractivity contribution is -0.384. The predicted octanol–water partition coefficient (Wildman–Crippen LogP) is 3.51. The molecule has 1 aromatic carbocycles. The van der Waals surface area contributed by atoms with Crippen molar-refractivity contribution in [1.82, 2.24) is 10.3 Å². The molecule has 0 saturated heterocycles. The van der Waals surface area contributed by atoms with Crippen LogP contribution in [0.3, 0.4) is 0 Å². The molecule has 32 heavy (non-hydrogen) atoms. The Morgan fingerprint density at radius 2 is 1.88 bits per heavy atom. The largest absolute Gasteiger partial charge is 0.473 e. The van der Waals surface area contributed by atoms with Crippen molar-refractivity contribution in [3.8, 4) is 11.6 Å². The van der Waals surface area contributed by atoms with Gasteiger partial charge < -0.3 is 20.5 Å². The van der Waals surface area contributed by atoms with Crippen LogP contribution in [0.25, 0.3) is 0 Å². The van der Waals surface area contributed by atoms with Gasteiger partial charge in [-0.05, 0) is 56.1 Å². The van der Waals surface area contributed by atoms with Crippen LogP contribution in [-0.2, 0) is 0 Å². The number of rotatable bonds is 7. The molecule has 0 bridgehead atoms. The second-order valence-electron chi connectivity index (χ2n) is 8.86. The van der Waals surface area contributed by atoms with Crippen LogP contribution >= 0.6 is 11.3 Å². The zero-order valence-corrected chi connectivity index (χ0v) is 17.9. The Morgan fingerprint density at radius 1 is 1.19 bits per heavy atom. The zero-order chi connectivity index (χ0) is 22.5. The third kappa shape index (κ3) is 4.12. The van der Waals surface area contributed by atoms with Crippen LogP contribution in [0, 0.1) is 15.5 Å². The van der Waals surface area contributed by atoms with Crippen molar-refractivity contribution in [1.29, 1.82) is 0 Å². The third-order valence-corrected chi connectivity index (χ3v) is 7.52. The highest BCUT2D eigenvalue weighted by Gasteiger charge is 2.54. The summed E-state index contributed by atoms with van der Waals surface area (Å²) in [6.07, 6.45) is 4.96. The fourth-order valence-corrected chi connectivity index (χ4v) is 5.59. The number of hydrogen-bond acceptors (Lipinski definition) is 8. The molecular weight excluding hydrogens is 436 g/mol. The van der Waals surface area contributed by atoms with Crippen LogP contribution in [0.15, 0.2) is 24.3 Å². The number of aromatic nitrogens is 1. The Bertz CT molecular complexity index is 1070. The highest BCUT2D eigenvalue weighted by molar-refractivity contribution is 7.14. The number of nitrogens with zero attached hydrogens (tertiary/aromatic N) is 2. The summed E-state index contributed by atoms with van der Waals surface area (Å²) < 4.78 is 11.2. The lowest BCUT2D eigenvalue weighted by atomic mass is 9.53. The van der Waals surface area contributed by atoms with Gasteiger partial charge in [0.25, 0.3) is 11.6 Å². The predicted molar refractivity (Wildman–Crippen MR) is 114 cm³/mol. The Balaban J connectivity index is 1.07. The van der Waals surface area contributed by atoms with E-state index in [0.717, 1.165) is 43.5 Å². The molecule has 0 radical (unpaired) electrons.